The fraction of sp³-hybridized carbons (Fsp3) is 0.941. The molecule has 0 saturated carbocycles. The van der Waals surface area contributed by atoms with E-state index in [2.05, 4.69) is 29.1 Å². The summed E-state index contributed by atoms with van der Waals surface area (Å²) < 4.78 is 0. The molecule has 0 radical (unpaired) electrons. The standard InChI is InChI=1S/C17H33N3OS/c1-3-4-8-19(2)13-15-5-9-20(10-6-15)17(21)12-16-14-22-11-7-18-16/h15-16,18H,3-14H2,1-2H3. The van der Waals surface area contributed by atoms with E-state index in [-0.39, 0.29) is 0 Å². The van der Waals surface area contributed by atoms with E-state index in [9.17, 15) is 4.79 Å². The van der Waals surface area contributed by atoms with Crippen LogP contribution in [-0.4, -0.2) is 73.0 Å². The van der Waals surface area contributed by atoms with Crippen molar-refractivity contribution in [3.63, 3.8) is 0 Å². The third-order valence-electron chi connectivity index (χ3n) is 4.85. The molecule has 22 heavy (non-hydrogen) atoms. The maximum atomic E-state index is 12.4. The Morgan fingerprint density at radius 1 is 1.36 bits per heavy atom. The van der Waals surface area contributed by atoms with Crippen molar-refractivity contribution in [2.24, 2.45) is 5.92 Å². The van der Waals surface area contributed by atoms with Gasteiger partial charge in [-0.15, -0.1) is 0 Å². The second kappa shape index (κ2) is 9.78. The van der Waals surface area contributed by atoms with Gasteiger partial charge < -0.3 is 15.1 Å². The summed E-state index contributed by atoms with van der Waals surface area (Å²) in [7, 11) is 2.24. The highest BCUT2D eigenvalue weighted by molar-refractivity contribution is 7.99. The van der Waals surface area contributed by atoms with Crippen molar-refractivity contribution in [2.45, 2.75) is 45.1 Å². The minimum absolute atomic E-state index is 0.359. The van der Waals surface area contributed by atoms with Crippen molar-refractivity contribution >= 4 is 17.7 Å². The van der Waals surface area contributed by atoms with Gasteiger partial charge in [-0.05, 0) is 38.8 Å². The number of likely N-dealkylation sites (tertiary alicyclic amines) is 1. The largest absolute Gasteiger partial charge is 0.343 e. The summed E-state index contributed by atoms with van der Waals surface area (Å²) in [6.45, 7) is 7.63. The Morgan fingerprint density at radius 3 is 2.77 bits per heavy atom. The molecule has 0 aromatic carbocycles. The SMILES string of the molecule is CCCCN(C)CC1CCN(C(=O)CC2CSCCN2)CC1. The molecule has 0 spiro atoms. The summed E-state index contributed by atoms with van der Waals surface area (Å²) in [6.07, 6.45) is 5.60. The number of rotatable bonds is 7. The molecule has 2 heterocycles. The van der Waals surface area contributed by atoms with E-state index in [4.69, 9.17) is 0 Å². The number of carbonyl (C=O) groups is 1. The number of hydrogen-bond acceptors (Lipinski definition) is 4. The first kappa shape index (κ1) is 18.1. The predicted molar refractivity (Wildman–Crippen MR) is 95.4 cm³/mol. The van der Waals surface area contributed by atoms with Crippen LogP contribution in [-0.2, 0) is 4.79 Å². The van der Waals surface area contributed by atoms with E-state index in [1.807, 2.05) is 11.8 Å². The van der Waals surface area contributed by atoms with Gasteiger partial charge in [-0.3, -0.25) is 4.79 Å². The maximum absolute atomic E-state index is 12.4. The van der Waals surface area contributed by atoms with Crippen LogP contribution >= 0.6 is 11.8 Å². The van der Waals surface area contributed by atoms with Crippen LogP contribution in [0.1, 0.15) is 39.0 Å². The number of unbranched alkanes of at least 4 members (excludes halogenated alkanes) is 1. The molecule has 128 valence electrons. The lowest BCUT2D eigenvalue weighted by atomic mass is 9.95. The molecule has 2 aliphatic heterocycles. The predicted octanol–water partition coefficient (Wildman–Crippen LogP) is 2.05. The van der Waals surface area contributed by atoms with Gasteiger partial charge in [0.05, 0.1) is 0 Å². The summed E-state index contributed by atoms with van der Waals surface area (Å²) >= 11 is 1.97. The Morgan fingerprint density at radius 2 is 2.14 bits per heavy atom. The lowest BCUT2D eigenvalue weighted by Crippen LogP contribution is -2.45. The lowest BCUT2D eigenvalue weighted by molar-refractivity contribution is -0.133. The van der Waals surface area contributed by atoms with Crippen LogP contribution < -0.4 is 5.32 Å². The normalized spacial score (nSPS) is 24.0. The molecule has 0 aromatic heterocycles. The van der Waals surface area contributed by atoms with Crippen LogP contribution in [0.25, 0.3) is 0 Å². The topological polar surface area (TPSA) is 35.6 Å². The molecule has 1 N–H and O–H groups in total. The number of nitrogens with zero attached hydrogens (tertiary/aromatic N) is 2. The number of amides is 1. The van der Waals surface area contributed by atoms with Crippen LogP contribution in [0.5, 0.6) is 0 Å². The number of thioether (sulfide) groups is 1. The zero-order chi connectivity index (χ0) is 15.8. The molecule has 2 fully saturated rings. The number of piperidine rings is 1. The second-order valence-electron chi connectivity index (χ2n) is 6.87. The van der Waals surface area contributed by atoms with Crippen molar-refractivity contribution in [1.82, 2.24) is 15.1 Å². The second-order valence-corrected chi connectivity index (χ2v) is 8.02. The molecule has 5 heteroatoms. The van der Waals surface area contributed by atoms with Crippen LogP contribution in [0.15, 0.2) is 0 Å². The van der Waals surface area contributed by atoms with Crippen molar-refractivity contribution in [3.8, 4) is 0 Å². The monoisotopic (exact) mass is 327 g/mol. The average Bonchev–Trinajstić information content (AvgIpc) is 2.54. The van der Waals surface area contributed by atoms with E-state index in [0.717, 1.165) is 31.3 Å². The molecule has 0 aliphatic carbocycles. The minimum atomic E-state index is 0.359. The summed E-state index contributed by atoms with van der Waals surface area (Å²) in [5.74, 6) is 3.40. The molecule has 2 rings (SSSR count). The van der Waals surface area contributed by atoms with Crippen LogP contribution in [0.2, 0.25) is 0 Å². The van der Waals surface area contributed by atoms with Gasteiger partial charge in [-0.25, -0.2) is 0 Å². The van der Waals surface area contributed by atoms with Crippen molar-refractivity contribution in [2.75, 3.05) is 51.3 Å². The summed E-state index contributed by atoms with van der Waals surface area (Å²) in [4.78, 5) is 17.0. The third-order valence-corrected chi connectivity index (χ3v) is 5.98. The van der Waals surface area contributed by atoms with Crippen molar-refractivity contribution in [1.29, 1.82) is 0 Å². The fourth-order valence-electron chi connectivity index (χ4n) is 3.42. The highest BCUT2D eigenvalue weighted by atomic mass is 32.2. The van der Waals surface area contributed by atoms with Crippen LogP contribution in [0, 0.1) is 5.92 Å². The smallest absolute Gasteiger partial charge is 0.224 e. The summed E-state index contributed by atoms with van der Waals surface area (Å²) in [6, 6.07) is 0.393. The Kier molecular flexibility index (Phi) is 8.04. The van der Waals surface area contributed by atoms with Gasteiger partial charge in [0, 0.05) is 50.1 Å². The van der Waals surface area contributed by atoms with Gasteiger partial charge >= 0.3 is 0 Å². The third kappa shape index (κ3) is 6.09. The molecule has 2 aliphatic rings. The quantitative estimate of drug-likeness (QED) is 0.776. The van der Waals surface area contributed by atoms with Crippen molar-refractivity contribution in [3.05, 3.63) is 0 Å². The Labute approximate surface area is 140 Å². The molecule has 1 unspecified atom stereocenters. The molecular weight excluding hydrogens is 294 g/mol. The van der Waals surface area contributed by atoms with Gasteiger partial charge in [0.2, 0.25) is 5.91 Å². The number of nitrogens with one attached hydrogen (secondary N) is 1. The van der Waals surface area contributed by atoms with Crippen LogP contribution in [0.4, 0.5) is 0 Å². The van der Waals surface area contributed by atoms with E-state index >= 15 is 0 Å². The van der Waals surface area contributed by atoms with Gasteiger partial charge in [0.25, 0.3) is 0 Å². The van der Waals surface area contributed by atoms with E-state index < -0.39 is 0 Å². The van der Waals surface area contributed by atoms with E-state index in [0.29, 0.717) is 18.4 Å². The Hall–Kier alpha value is -0.260. The molecule has 0 bridgehead atoms. The molecule has 4 nitrogen and oxygen atoms in total. The minimum Gasteiger partial charge on any atom is -0.343 e. The average molecular weight is 328 g/mol. The van der Waals surface area contributed by atoms with E-state index in [1.165, 1.54) is 44.5 Å². The maximum Gasteiger partial charge on any atom is 0.224 e. The fourth-order valence-corrected chi connectivity index (χ4v) is 4.36. The van der Waals surface area contributed by atoms with Gasteiger partial charge in [0.15, 0.2) is 0 Å². The molecule has 1 atom stereocenters. The summed E-state index contributed by atoms with van der Waals surface area (Å²) in [5.41, 5.74) is 0. The summed E-state index contributed by atoms with van der Waals surface area (Å²) in [5, 5.41) is 3.47. The first-order chi connectivity index (χ1) is 10.7. The number of hydrogen-bond donors (Lipinski definition) is 1. The molecule has 0 aromatic rings. The highest BCUT2D eigenvalue weighted by Gasteiger charge is 2.25. The van der Waals surface area contributed by atoms with Gasteiger partial charge in [0.1, 0.15) is 0 Å². The van der Waals surface area contributed by atoms with Crippen molar-refractivity contribution < 1.29 is 4.79 Å². The lowest BCUT2D eigenvalue weighted by Gasteiger charge is -2.35. The highest BCUT2D eigenvalue weighted by Crippen LogP contribution is 2.20. The molecule has 1 amide bonds. The number of carbonyl (C=O) groups excluding carboxylic acids is 1. The first-order valence-corrected chi connectivity index (χ1v) is 10.1. The Bertz CT molecular complexity index is 326. The Balaban J connectivity index is 1.64. The van der Waals surface area contributed by atoms with Crippen LogP contribution in [0.3, 0.4) is 0 Å². The van der Waals surface area contributed by atoms with E-state index in [1.54, 1.807) is 0 Å². The zero-order valence-corrected chi connectivity index (χ0v) is 15.2. The van der Waals surface area contributed by atoms with Gasteiger partial charge in [-0.2, -0.15) is 11.8 Å². The first-order valence-electron chi connectivity index (χ1n) is 8.96. The zero-order valence-electron chi connectivity index (χ0n) is 14.4. The molecule has 2 saturated heterocycles. The molecular formula is C17H33N3OS. The van der Waals surface area contributed by atoms with Gasteiger partial charge in [-0.1, -0.05) is 13.3 Å².